The van der Waals surface area contributed by atoms with Gasteiger partial charge in [-0.05, 0) is 48.9 Å². The molecule has 1 unspecified atom stereocenters. The van der Waals surface area contributed by atoms with E-state index in [1.165, 1.54) is 12.1 Å². The number of carbonyl (C=O) groups excluding carboxylic acids is 3. The van der Waals surface area contributed by atoms with Gasteiger partial charge in [0.05, 0.1) is 6.04 Å². The molecule has 2 amide bonds. The summed E-state index contributed by atoms with van der Waals surface area (Å²) in [7, 11) is 0. The molecule has 0 fully saturated rings. The van der Waals surface area contributed by atoms with E-state index in [1.807, 2.05) is 6.07 Å². The fourth-order valence-electron chi connectivity index (χ4n) is 2.75. The van der Waals surface area contributed by atoms with Crippen LogP contribution in [0, 0.1) is 0 Å². The average molecular weight is 433 g/mol. The van der Waals surface area contributed by atoms with Crippen molar-refractivity contribution < 1.29 is 28.6 Å². The van der Waals surface area contributed by atoms with Crippen LogP contribution in [0.3, 0.4) is 0 Å². The van der Waals surface area contributed by atoms with E-state index < -0.39 is 24.4 Å². The Morgan fingerprint density at radius 1 is 1.07 bits per heavy atom. The fraction of sp³-hybridized carbons (Fsp3) is 0.286. The molecule has 8 nitrogen and oxygen atoms in total. The van der Waals surface area contributed by atoms with E-state index in [-0.39, 0.29) is 12.6 Å². The van der Waals surface area contributed by atoms with Crippen LogP contribution in [0.2, 0.25) is 5.02 Å². The summed E-state index contributed by atoms with van der Waals surface area (Å²) in [6, 6.07) is 11.3. The Labute approximate surface area is 178 Å². The van der Waals surface area contributed by atoms with Gasteiger partial charge < -0.3 is 24.8 Å². The van der Waals surface area contributed by atoms with Gasteiger partial charge in [0.1, 0.15) is 19.8 Å². The van der Waals surface area contributed by atoms with Crippen LogP contribution in [-0.2, 0) is 14.3 Å². The number of amides is 2. The molecule has 0 bridgehead atoms. The molecule has 2 N–H and O–H groups in total. The number of ether oxygens (including phenoxy) is 3. The van der Waals surface area contributed by atoms with Crippen molar-refractivity contribution in [1.29, 1.82) is 0 Å². The van der Waals surface area contributed by atoms with E-state index >= 15 is 0 Å². The van der Waals surface area contributed by atoms with E-state index in [2.05, 4.69) is 10.6 Å². The molecule has 0 radical (unpaired) electrons. The molecule has 0 aromatic heterocycles. The highest BCUT2D eigenvalue weighted by molar-refractivity contribution is 6.30. The lowest BCUT2D eigenvalue weighted by atomic mass is 10.1. The van der Waals surface area contributed by atoms with Crippen LogP contribution in [0.5, 0.6) is 11.5 Å². The highest BCUT2D eigenvalue weighted by Crippen LogP contribution is 2.32. The predicted molar refractivity (Wildman–Crippen MR) is 109 cm³/mol. The van der Waals surface area contributed by atoms with E-state index in [9.17, 15) is 14.4 Å². The monoisotopic (exact) mass is 432 g/mol. The molecule has 1 aliphatic rings. The number of rotatable bonds is 7. The number of halogens is 1. The largest absolute Gasteiger partial charge is 0.486 e. The zero-order valence-corrected chi connectivity index (χ0v) is 17.0. The number of esters is 1. The van der Waals surface area contributed by atoms with Gasteiger partial charge in [0.2, 0.25) is 0 Å². The Morgan fingerprint density at radius 2 is 1.77 bits per heavy atom. The third kappa shape index (κ3) is 5.87. The topological polar surface area (TPSA) is 103 Å². The van der Waals surface area contributed by atoms with Gasteiger partial charge in [0.15, 0.2) is 18.1 Å². The molecule has 0 saturated heterocycles. The summed E-state index contributed by atoms with van der Waals surface area (Å²) in [5.74, 6) is -0.338. The lowest BCUT2D eigenvalue weighted by Crippen LogP contribution is -2.34. The third-order valence-corrected chi connectivity index (χ3v) is 4.56. The van der Waals surface area contributed by atoms with Gasteiger partial charge in [-0.2, -0.15) is 0 Å². The Morgan fingerprint density at radius 3 is 2.50 bits per heavy atom. The Kier molecular flexibility index (Phi) is 7.13. The number of hydrogen-bond acceptors (Lipinski definition) is 6. The second kappa shape index (κ2) is 9.98. The van der Waals surface area contributed by atoms with Gasteiger partial charge in [-0.1, -0.05) is 17.7 Å². The zero-order valence-electron chi connectivity index (χ0n) is 16.3. The standard InChI is InChI=1S/C21H21ClN2O6/c1-13(15-4-7-17-18(10-15)29-9-8-28-17)24-19(25)12-30-20(26)11-23-21(27)14-2-5-16(22)6-3-14/h2-7,10,13H,8-9,11-12H2,1H3,(H,23,27)(H,24,25). The Hall–Kier alpha value is -3.26. The highest BCUT2D eigenvalue weighted by Gasteiger charge is 2.17. The molecule has 30 heavy (non-hydrogen) atoms. The first-order valence-electron chi connectivity index (χ1n) is 9.30. The summed E-state index contributed by atoms with van der Waals surface area (Å²) >= 11 is 5.77. The lowest BCUT2D eigenvalue weighted by Gasteiger charge is -2.21. The zero-order chi connectivity index (χ0) is 21.5. The molecule has 1 atom stereocenters. The van der Waals surface area contributed by atoms with Crippen molar-refractivity contribution in [2.24, 2.45) is 0 Å². The maximum absolute atomic E-state index is 12.1. The first-order valence-corrected chi connectivity index (χ1v) is 9.68. The predicted octanol–water partition coefficient (Wildman–Crippen LogP) is 2.26. The van der Waals surface area contributed by atoms with Gasteiger partial charge in [-0.15, -0.1) is 0 Å². The molecule has 0 saturated carbocycles. The number of nitrogens with one attached hydrogen (secondary N) is 2. The van der Waals surface area contributed by atoms with Crippen molar-refractivity contribution >= 4 is 29.4 Å². The van der Waals surface area contributed by atoms with Crippen LogP contribution < -0.4 is 20.1 Å². The Balaban J connectivity index is 1.41. The highest BCUT2D eigenvalue weighted by atomic mass is 35.5. The summed E-state index contributed by atoms with van der Waals surface area (Å²) in [5.41, 5.74) is 1.19. The first-order chi connectivity index (χ1) is 14.4. The maximum Gasteiger partial charge on any atom is 0.325 e. The van der Waals surface area contributed by atoms with Gasteiger partial charge in [0, 0.05) is 10.6 Å². The van der Waals surface area contributed by atoms with E-state index in [0.717, 1.165) is 5.56 Å². The second-order valence-corrected chi connectivity index (χ2v) is 6.98. The molecule has 0 aliphatic carbocycles. The summed E-state index contributed by atoms with van der Waals surface area (Å²) in [6.45, 7) is 1.97. The second-order valence-electron chi connectivity index (χ2n) is 6.54. The maximum atomic E-state index is 12.1. The third-order valence-electron chi connectivity index (χ3n) is 4.31. The van der Waals surface area contributed by atoms with E-state index in [4.69, 9.17) is 25.8 Å². The minimum absolute atomic E-state index is 0.323. The van der Waals surface area contributed by atoms with E-state index in [0.29, 0.717) is 35.3 Å². The molecular formula is C21H21ClN2O6. The van der Waals surface area contributed by atoms with Gasteiger partial charge in [-0.25, -0.2) is 0 Å². The van der Waals surface area contributed by atoms with Crippen molar-refractivity contribution in [1.82, 2.24) is 10.6 Å². The smallest absolute Gasteiger partial charge is 0.325 e. The van der Waals surface area contributed by atoms with E-state index in [1.54, 1.807) is 31.2 Å². The number of fused-ring (bicyclic) bond motifs is 1. The summed E-state index contributed by atoms with van der Waals surface area (Å²) in [6.07, 6.45) is 0. The molecule has 1 aliphatic heterocycles. The minimum Gasteiger partial charge on any atom is -0.486 e. The summed E-state index contributed by atoms with van der Waals surface area (Å²) in [4.78, 5) is 35.8. The average Bonchev–Trinajstić information content (AvgIpc) is 2.76. The first kappa shape index (κ1) is 21.4. The van der Waals surface area contributed by atoms with Crippen LogP contribution in [0.4, 0.5) is 0 Å². The summed E-state index contributed by atoms with van der Waals surface area (Å²) < 4.78 is 15.9. The van der Waals surface area contributed by atoms with Crippen molar-refractivity contribution in [3.05, 3.63) is 58.6 Å². The molecule has 1 heterocycles. The molecule has 3 rings (SSSR count). The van der Waals surface area contributed by atoms with Crippen LogP contribution in [-0.4, -0.2) is 44.1 Å². The van der Waals surface area contributed by atoms with Gasteiger partial charge >= 0.3 is 5.97 Å². The summed E-state index contributed by atoms with van der Waals surface area (Å²) in [5, 5.41) is 5.67. The molecule has 2 aromatic carbocycles. The van der Waals surface area contributed by atoms with Crippen LogP contribution >= 0.6 is 11.6 Å². The SMILES string of the molecule is CC(NC(=O)COC(=O)CNC(=O)c1ccc(Cl)cc1)c1ccc2c(c1)OCCO2. The van der Waals surface area contributed by atoms with Crippen LogP contribution in [0.15, 0.2) is 42.5 Å². The fourth-order valence-corrected chi connectivity index (χ4v) is 2.87. The number of hydrogen-bond donors (Lipinski definition) is 2. The molecular weight excluding hydrogens is 412 g/mol. The molecule has 0 spiro atoms. The normalized spacial score (nSPS) is 13.1. The number of benzene rings is 2. The van der Waals surface area contributed by atoms with Crippen molar-refractivity contribution in [2.75, 3.05) is 26.4 Å². The van der Waals surface area contributed by atoms with Crippen LogP contribution in [0.25, 0.3) is 0 Å². The van der Waals surface area contributed by atoms with Gasteiger partial charge in [0.25, 0.3) is 11.8 Å². The number of carbonyl (C=O) groups is 3. The minimum atomic E-state index is -0.723. The molecule has 9 heteroatoms. The lowest BCUT2D eigenvalue weighted by molar-refractivity contribution is -0.147. The van der Waals surface area contributed by atoms with Crippen molar-refractivity contribution in [3.8, 4) is 11.5 Å². The van der Waals surface area contributed by atoms with Crippen LogP contribution in [0.1, 0.15) is 28.9 Å². The molecule has 2 aromatic rings. The van der Waals surface area contributed by atoms with Crippen molar-refractivity contribution in [3.63, 3.8) is 0 Å². The quantitative estimate of drug-likeness (QED) is 0.650. The molecule has 158 valence electrons. The van der Waals surface area contributed by atoms with Crippen molar-refractivity contribution in [2.45, 2.75) is 13.0 Å². The van der Waals surface area contributed by atoms with Gasteiger partial charge in [-0.3, -0.25) is 14.4 Å². The Bertz CT molecular complexity index is 932.